The lowest BCUT2D eigenvalue weighted by molar-refractivity contribution is 0.0226. The van der Waals surface area contributed by atoms with Gasteiger partial charge < -0.3 is 14.8 Å². The smallest absolute Gasteiger partial charge is 0.340 e. The SMILES string of the molecule is Cc1ccc(Nc2cccc3c2C2(OC3=O)c3ccccc3Oc3ccccc32)c(C)c1. The van der Waals surface area contributed by atoms with E-state index in [0.717, 1.165) is 33.6 Å². The first kappa shape index (κ1) is 18.7. The van der Waals surface area contributed by atoms with Gasteiger partial charge in [-0.3, -0.25) is 0 Å². The minimum Gasteiger partial charge on any atom is -0.456 e. The highest BCUT2D eigenvalue weighted by atomic mass is 16.6. The van der Waals surface area contributed by atoms with E-state index in [1.54, 1.807) is 0 Å². The molecule has 0 fully saturated rings. The van der Waals surface area contributed by atoms with Crippen molar-refractivity contribution in [2.75, 3.05) is 5.32 Å². The molecule has 2 aliphatic heterocycles. The molecule has 0 atom stereocenters. The van der Waals surface area contributed by atoms with Gasteiger partial charge in [-0.2, -0.15) is 0 Å². The fourth-order valence-corrected chi connectivity index (χ4v) is 4.89. The molecule has 4 aromatic carbocycles. The van der Waals surface area contributed by atoms with Crippen molar-refractivity contribution in [3.63, 3.8) is 0 Å². The molecule has 0 unspecified atom stereocenters. The summed E-state index contributed by atoms with van der Waals surface area (Å²) in [5, 5.41) is 3.58. The summed E-state index contributed by atoms with van der Waals surface area (Å²) < 4.78 is 12.5. The number of fused-ring (bicyclic) bond motifs is 6. The quantitative estimate of drug-likeness (QED) is 0.371. The van der Waals surface area contributed by atoms with Gasteiger partial charge in [0, 0.05) is 28.1 Å². The van der Waals surface area contributed by atoms with Crippen LogP contribution in [-0.2, 0) is 10.3 Å². The van der Waals surface area contributed by atoms with Gasteiger partial charge in [-0.25, -0.2) is 4.79 Å². The number of aryl methyl sites for hydroxylation is 2. The van der Waals surface area contributed by atoms with Gasteiger partial charge in [0.25, 0.3) is 0 Å². The highest BCUT2D eigenvalue weighted by Gasteiger charge is 2.54. The van der Waals surface area contributed by atoms with Crippen LogP contribution in [0.1, 0.15) is 38.2 Å². The number of anilines is 2. The van der Waals surface area contributed by atoms with Crippen LogP contribution < -0.4 is 10.1 Å². The van der Waals surface area contributed by atoms with Crippen LogP contribution in [0, 0.1) is 13.8 Å². The number of para-hydroxylation sites is 2. The Labute approximate surface area is 186 Å². The van der Waals surface area contributed by atoms with E-state index >= 15 is 0 Å². The number of nitrogens with one attached hydrogen (secondary N) is 1. The summed E-state index contributed by atoms with van der Waals surface area (Å²) in [4.78, 5) is 13.2. The third-order valence-corrected chi connectivity index (χ3v) is 6.29. The minimum atomic E-state index is -1.08. The number of carbonyl (C=O) groups is 1. The molecule has 0 amide bonds. The summed E-state index contributed by atoms with van der Waals surface area (Å²) in [7, 11) is 0. The molecule has 4 heteroatoms. The Morgan fingerprint density at radius 3 is 2.12 bits per heavy atom. The van der Waals surface area contributed by atoms with E-state index in [9.17, 15) is 4.79 Å². The fraction of sp³-hybridized carbons (Fsp3) is 0.107. The van der Waals surface area contributed by atoms with Crippen molar-refractivity contribution < 1.29 is 14.3 Å². The second kappa shape index (κ2) is 6.72. The number of ether oxygens (including phenoxy) is 2. The van der Waals surface area contributed by atoms with E-state index in [4.69, 9.17) is 9.47 Å². The molecular weight excluding hydrogens is 398 g/mol. The number of hydrogen-bond donors (Lipinski definition) is 1. The van der Waals surface area contributed by atoms with Gasteiger partial charge in [-0.1, -0.05) is 60.2 Å². The molecule has 2 heterocycles. The van der Waals surface area contributed by atoms with E-state index in [2.05, 4.69) is 37.4 Å². The third kappa shape index (κ3) is 2.53. The van der Waals surface area contributed by atoms with Gasteiger partial charge in [0.1, 0.15) is 11.5 Å². The molecule has 32 heavy (non-hydrogen) atoms. The summed E-state index contributed by atoms with van der Waals surface area (Å²) in [6.07, 6.45) is 0. The summed E-state index contributed by atoms with van der Waals surface area (Å²) in [6.45, 7) is 4.16. The molecule has 0 bridgehead atoms. The predicted octanol–water partition coefficient (Wildman–Crippen LogP) is 6.62. The number of carbonyl (C=O) groups excluding carboxylic acids is 1. The van der Waals surface area contributed by atoms with E-state index in [-0.39, 0.29) is 5.97 Å². The zero-order valence-electron chi connectivity index (χ0n) is 17.8. The Morgan fingerprint density at radius 2 is 1.44 bits per heavy atom. The molecular formula is C28H21NO3. The minimum absolute atomic E-state index is 0.337. The lowest BCUT2D eigenvalue weighted by atomic mass is 9.77. The Morgan fingerprint density at radius 1 is 0.750 bits per heavy atom. The summed E-state index contributed by atoms with van der Waals surface area (Å²) >= 11 is 0. The van der Waals surface area contributed by atoms with Gasteiger partial charge in [0.2, 0.25) is 0 Å². The normalized spacial score (nSPS) is 14.8. The molecule has 1 spiro atoms. The maximum atomic E-state index is 13.2. The zero-order valence-corrected chi connectivity index (χ0v) is 17.8. The maximum absolute atomic E-state index is 13.2. The molecule has 4 nitrogen and oxygen atoms in total. The van der Waals surface area contributed by atoms with Gasteiger partial charge in [0.05, 0.1) is 5.56 Å². The molecule has 0 radical (unpaired) electrons. The van der Waals surface area contributed by atoms with Crippen LogP contribution in [0.5, 0.6) is 11.5 Å². The predicted molar refractivity (Wildman–Crippen MR) is 124 cm³/mol. The van der Waals surface area contributed by atoms with Crippen LogP contribution in [0.15, 0.2) is 84.9 Å². The first-order chi connectivity index (χ1) is 15.6. The highest BCUT2D eigenvalue weighted by molar-refractivity contribution is 5.99. The molecule has 4 aromatic rings. The fourth-order valence-electron chi connectivity index (χ4n) is 4.89. The average molecular weight is 419 g/mol. The van der Waals surface area contributed by atoms with Crippen LogP contribution >= 0.6 is 0 Å². The molecule has 0 aliphatic carbocycles. The Bertz CT molecular complexity index is 1360. The van der Waals surface area contributed by atoms with Crippen molar-refractivity contribution in [3.8, 4) is 11.5 Å². The second-order valence-electron chi connectivity index (χ2n) is 8.34. The molecule has 156 valence electrons. The van der Waals surface area contributed by atoms with Gasteiger partial charge in [-0.15, -0.1) is 0 Å². The van der Waals surface area contributed by atoms with Gasteiger partial charge >= 0.3 is 5.97 Å². The first-order valence-corrected chi connectivity index (χ1v) is 10.7. The molecule has 0 aromatic heterocycles. The molecule has 2 aliphatic rings. The molecule has 0 saturated heterocycles. The van der Waals surface area contributed by atoms with Crippen LogP contribution in [0.3, 0.4) is 0 Å². The second-order valence-corrected chi connectivity index (χ2v) is 8.34. The number of hydrogen-bond acceptors (Lipinski definition) is 4. The number of esters is 1. The number of benzene rings is 4. The average Bonchev–Trinajstić information content (AvgIpc) is 3.10. The Kier molecular flexibility index (Phi) is 3.93. The van der Waals surface area contributed by atoms with Crippen molar-refractivity contribution in [2.45, 2.75) is 19.4 Å². The largest absolute Gasteiger partial charge is 0.456 e. The summed E-state index contributed by atoms with van der Waals surface area (Å²) in [5.41, 5.74) is 6.10. The highest BCUT2D eigenvalue weighted by Crippen LogP contribution is 2.57. The van der Waals surface area contributed by atoms with Gasteiger partial charge in [-0.05, 0) is 49.7 Å². The van der Waals surface area contributed by atoms with Crippen LogP contribution in [0.2, 0.25) is 0 Å². The van der Waals surface area contributed by atoms with E-state index in [1.165, 1.54) is 5.56 Å². The van der Waals surface area contributed by atoms with Crippen LogP contribution in [0.4, 0.5) is 11.4 Å². The molecule has 1 N–H and O–H groups in total. The molecule has 0 saturated carbocycles. The van der Waals surface area contributed by atoms with Crippen molar-refractivity contribution in [1.29, 1.82) is 0 Å². The lowest BCUT2D eigenvalue weighted by Gasteiger charge is -2.37. The van der Waals surface area contributed by atoms with Crippen LogP contribution in [0.25, 0.3) is 0 Å². The van der Waals surface area contributed by atoms with Crippen LogP contribution in [-0.4, -0.2) is 5.97 Å². The van der Waals surface area contributed by atoms with Crippen molar-refractivity contribution in [3.05, 3.63) is 118 Å². The lowest BCUT2D eigenvalue weighted by Crippen LogP contribution is -2.33. The zero-order chi connectivity index (χ0) is 21.9. The summed E-state index contributed by atoms with van der Waals surface area (Å²) in [5.74, 6) is 1.04. The van der Waals surface area contributed by atoms with E-state index < -0.39 is 5.60 Å². The maximum Gasteiger partial charge on any atom is 0.340 e. The monoisotopic (exact) mass is 419 g/mol. The van der Waals surface area contributed by atoms with Crippen molar-refractivity contribution >= 4 is 17.3 Å². The topological polar surface area (TPSA) is 47.6 Å². The number of rotatable bonds is 2. The van der Waals surface area contributed by atoms with Gasteiger partial charge in [0.15, 0.2) is 5.60 Å². The van der Waals surface area contributed by atoms with E-state index in [1.807, 2.05) is 66.7 Å². The van der Waals surface area contributed by atoms with Crippen molar-refractivity contribution in [2.24, 2.45) is 0 Å². The summed E-state index contributed by atoms with van der Waals surface area (Å²) in [6, 6.07) is 27.5. The third-order valence-electron chi connectivity index (χ3n) is 6.29. The Balaban J connectivity index is 1.64. The molecule has 6 rings (SSSR count). The Hall–Kier alpha value is -4.05. The standard InChI is InChI=1S/C28H21NO3/c1-17-14-15-22(18(2)16-17)29-23-11-7-8-19-26(23)28(32-27(19)30)20-9-3-5-12-24(20)31-25-13-6-4-10-21(25)28/h3-16,29H,1-2H3. The van der Waals surface area contributed by atoms with E-state index in [0.29, 0.717) is 17.1 Å². The first-order valence-electron chi connectivity index (χ1n) is 10.7. The van der Waals surface area contributed by atoms with Crippen molar-refractivity contribution in [1.82, 2.24) is 0 Å².